The van der Waals surface area contributed by atoms with Crippen molar-refractivity contribution in [3.8, 4) is 36.0 Å². The van der Waals surface area contributed by atoms with E-state index in [1.54, 1.807) is 0 Å². The number of hydrogen-bond acceptors (Lipinski definition) is 2. The van der Waals surface area contributed by atoms with Crippen LogP contribution in [-0.2, 0) is 9.59 Å². The summed E-state index contributed by atoms with van der Waals surface area (Å²) in [5.41, 5.74) is -2.16. The third-order valence-corrected chi connectivity index (χ3v) is 4.88. The molecule has 0 bridgehead atoms. The zero-order valence-corrected chi connectivity index (χ0v) is 18.3. The molecule has 146 valence electrons. The molecule has 0 heterocycles. The maximum Gasteiger partial charge on any atom is 0.226 e. The first-order valence-corrected chi connectivity index (χ1v) is 9.41. The van der Waals surface area contributed by atoms with Crippen LogP contribution in [0.1, 0.15) is 68.7 Å². The molecular formula is C24H33NO2. The van der Waals surface area contributed by atoms with Crippen LogP contribution in [0.15, 0.2) is 0 Å². The van der Waals surface area contributed by atoms with Crippen molar-refractivity contribution in [2.24, 2.45) is 28.1 Å². The summed E-state index contributed by atoms with van der Waals surface area (Å²) < 4.78 is 0. The molecule has 0 aliphatic heterocycles. The van der Waals surface area contributed by atoms with Gasteiger partial charge in [-0.25, -0.2) is 0 Å². The second-order valence-electron chi connectivity index (χ2n) is 10.6. The average Bonchev–Trinajstić information content (AvgIpc) is 3.17. The van der Waals surface area contributed by atoms with Gasteiger partial charge in [-0.1, -0.05) is 68.2 Å². The first-order valence-electron chi connectivity index (χ1n) is 9.41. The molecule has 0 spiro atoms. The van der Waals surface area contributed by atoms with Crippen LogP contribution in [0.2, 0.25) is 0 Å². The van der Waals surface area contributed by atoms with Crippen molar-refractivity contribution in [3.05, 3.63) is 0 Å². The standard InChI is InChI=1S/C24H33NO2/c1-11-12-13-14-15-17(21(2,3)4)18-16-24(18,19(26)22(5,6)7)25-20(27)23(8,9)10/h1,17-18H,16H2,2-10H3,(H,25,27)/t17?,18?,24-/m0/s1. The third-order valence-electron chi connectivity index (χ3n) is 4.88. The van der Waals surface area contributed by atoms with Gasteiger partial charge in [0.25, 0.3) is 0 Å². The number of rotatable bonds is 3. The number of carbonyl (C=O) groups is 2. The molecule has 0 radical (unpaired) electrons. The number of nitrogens with one attached hydrogen (secondary N) is 1. The fourth-order valence-corrected chi connectivity index (χ4v) is 3.31. The van der Waals surface area contributed by atoms with Gasteiger partial charge in [0.1, 0.15) is 5.54 Å². The summed E-state index contributed by atoms with van der Waals surface area (Å²) in [5.74, 6) is 13.3. The highest BCUT2D eigenvalue weighted by Gasteiger charge is 2.66. The number of terminal acetylenes is 1. The van der Waals surface area contributed by atoms with Gasteiger partial charge in [-0.15, -0.1) is 6.42 Å². The van der Waals surface area contributed by atoms with Crippen LogP contribution in [0.4, 0.5) is 0 Å². The molecule has 1 fully saturated rings. The van der Waals surface area contributed by atoms with Gasteiger partial charge in [0, 0.05) is 22.7 Å². The van der Waals surface area contributed by atoms with Crippen molar-refractivity contribution in [1.82, 2.24) is 5.32 Å². The number of hydrogen-bond donors (Lipinski definition) is 1. The third kappa shape index (κ3) is 5.40. The van der Waals surface area contributed by atoms with Gasteiger partial charge in [-0.2, -0.15) is 0 Å². The van der Waals surface area contributed by atoms with Crippen molar-refractivity contribution in [2.45, 2.75) is 74.3 Å². The molecule has 27 heavy (non-hydrogen) atoms. The first kappa shape index (κ1) is 22.9. The lowest BCUT2D eigenvalue weighted by molar-refractivity contribution is -0.137. The van der Waals surface area contributed by atoms with Gasteiger partial charge < -0.3 is 5.32 Å². The van der Waals surface area contributed by atoms with Crippen molar-refractivity contribution in [2.75, 3.05) is 0 Å². The topological polar surface area (TPSA) is 46.2 Å². The number of amides is 1. The van der Waals surface area contributed by atoms with Crippen molar-refractivity contribution < 1.29 is 9.59 Å². The highest BCUT2D eigenvalue weighted by Crippen LogP contribution is 2.56. The minimum absolute atomic E-state index is 0.0457. The predicted octanol–water partition coefficient (Wildman–Crippen LogP) is 3.82. The maximum atomic E-state index is 13.3. The van der Waals surface area contributed by atoms with E-state index in [1.807, 2.05) is 41.5 Å². The van der Waals surface area contributed by atoms with Gasteiger partial charge >= 0.3 is 0 Å². The molecule has 1 amide bonds. The normalized spacial score (nSPS) is 22.9. The Balaban J connectivity index is 3.35. The van der Waals surface area contributed by atoms with Crippen LogP contribution in [-0.4, -0.2) is 17.2 Å². The average molecular weight is 368 g/mol. The Morgan fingerprint density at radius 2 is 1.52 bits per heavy atom. The van der Waals surface area contributed by atoms with E-state index >= 15 is 0 Å². The van der Waals surface area contributed by atoms with E-state index in [1.165, 1.54) is 0 Å². The van der Waals surface area contributed by atoms with E-state index < -0.39 is 16.4 Å². The summed E-state index contributed by atoms with van der Waals surface area (Å²) in [6, 6.07) is 0. The summed E-state index contributed by atoms with van der Waals surface area (Å²) in [6.45, 7) is 17.5. The lowest BCUT2D eigenvalue weighted by Crippen LogP contribution is -2.53. The molecule has 1 aliphatic rings. The summed E-state index contributed by atoms with van der Waals surface area (Å²) in [6.07, 6.45) is 5.75. The first-order chi connectivity index (χ1) is 12.1. The van der Waals surface area contributed by atoms with Crippen LogP contribution in [0.5, 0.6) is 0 Å². The van der Waals surface area contributed by atoms with Crippen molar-refractivity contribution >= 4 is 11.7 Å². The molecule has 3 atom stereocenters. The highest BCUT2D eigenvalue weighted by molar-refractivity contribution is 6.00. The van der Waals surface area contributed by atoms with Crippen molar-refractivity contribution in [1.29, 1.82) is 0 Å². The molecular weight excluding hydrogens is 334 g/mol. The molecule has 1 rings (SSSR count). The molecule has 0 aromatic heterocycles. The van der Waals surface area contributed by atoms with E-state index in [0.717, 1.165) is 0 Å². The second kappa shape index (κ2) is 7.44. The lowest BCUT2D eigenvalue weighted by Gasteiger charge is -2.33. The van der Waals surface area contributed by atoms with Crippen LogP contribution in [0.3, 0.4) is 0 Å². The smallest absolute Gasteiger partial charge is 0.226 e. The zero-order chi connectivity index (χ0) is 21.3. The summed E-state index contributed by atoms with van der Waals surface area (Å²) in [4.78, 5) is 26.0. The van der Waals surface area contributed by atoms with E-state index in [2.05, 4.69) is 55.7 Å². The van der Waals surface area contributed by atoms with Gasteiger partial charge in [-0.05, 0) is 35.5 Å². The summed E-state index contributed by atoms with van der Waals surface area (Å²) in [7, 11) is 0. The molecule has 2 unspecified atom stereocenters. The minimum Gasteiger partial charge on any atom is -0.343 e. The molecule has 1 aliphatic carbocycles. The minimum atomic E-state index is -0.866. The second-order valence-corrected chi connectivity index (χ2v) is 10.6. The zero-order valence-electron chi connectivity index (χ0n) is 18.3. The highest BCUT2D eigenvalue weighted by atomic mass is 16.2. The van der Waals surface area contributed by atoms with E-state index in [0.29, 0.717) is 6.42 Å². The van der Waals surface area contributed by atoms with Crippen LogP contribution in [0.25, 0.3) is 0 Å². The van der Waals surface area contributed by atoms with Crippen LogP contribution in [0, 0.1) is 64.1 Å². The van der Waals surface area contributed by atoms with Crippen LogP contribution < -0.4 is 5.32 Å². The molecule has 3 heteroatoms. The molecule has 1 saturated carbocycles. The predicted molar refractivity (Wildman–Crippen MR) is 110 cm³/mol. The fourth-order valence-electron chi connectivity index (χ4n) is 3.31. The lowest BCUT2D eigenvalue weighted by atomic mass is 9.74. The Morgan fingerprint density at radius 3 is 1.93 bits per heavy atom. The fraction of sp³-hybridized carbons (Fsp3) is 0.667. The molecule has 0 aromatic carbocycles. The Hall–Kier alpha value is -2.18. The molecule has 3 nitrogen and oxygen atoms in total. The molecule has 0 saturated heterocycles. The van der Waals surface area contributed by atoms with E-state index in [-0.39, 0.29) is 28.9 Å². The van der Waals surface area contributed by atoms with Crippen molar-refractivity contribution in [3.63, 3.8) is 0 Å². The quantitative estimate of drug-likeness (QED) is 0.771. The van der Waals surface area contributed by atoms with Gasteiger partial charge in [0.2, 0.25) is 5.91 Å². The Bertz CT molecular complexity index is 770. The SMILES string of the molecule is C#CC#CC#CC(C1C[C@@]1(NC(=O)C(C)(C)C)C(=O)C(C)(C)C)C(C)(C)C. The summed E-state index contributed by atoms with van der Waals surface area (Å²) in [5, 5.41) is 3.09. The van der Waals surface area contributed by atoms with Crippen LogP contribution >= 0.6 is 0 Å². The number of ketones is 1. The van der Waals surface area contributed by atoms with Gasteiger partial charge in [0.05, 0.1) is 0 Å². The monoisotopic (exact) mass is 367 g/mol. The van der Waals surface area contributed by atoms with E-state index in [4.69, 9.17) is 6.42 Å². The molecule has 0 aromatic rings. The Labute approximate surface area is 165 Å². The largest absolute Gasteiger partial charge is 0.343 e. The van der Waals surface area contributed by atoms with Gasteiger partial charge in [-0.3, -0.25) is 9.59 Å². The Morgan fingerprint density at radius 1 is 0.963 bits per heavy atom. The maximum absolute atomic E-state index is 13.3. The number of carbonyl (C=O) groups excluding carboxylic acids is 2. The number of Topliss-reactive ketones (excluding diaryl/α,β-unsaturated/α-hetero) is 1. The van der Waals surface area contributed by atoms with E-state index in [9.17, 15) is 9.59 Å². The Kier molecular flexibility index (Phi) is 6.30. The summed E-state index contributed by atoms with van der Waals surface area (Å²) >= 11 is 0. The van der Waals surface area contributed by atoms with Gasteiger partial charge in [0.15, 0.2) is 5.78 Å². The molecule has 1 N–H and O–H groups in total.